The fourth-order valence-electron chi connectivity index (χ4n) is 4.21. The minimum Gasteiger partial charge on any atom is -0.480 e. The highest BCUT2D eigenvalue weighted by Crippen LogP contribution is 2.43. The number of hydrogen-bond acceptors (Lipinski definition) is 9. The summed E-state index contributed by atoms with van der Waals surface area (Å²) in [6.07, 6.45) is 25.7. The number of hydrogen-bond donors (Lipinski definition) is 3. The topological polar surface area (TPSA) is 172 Å². The summed E-state index contributed by atoms with van der Waals surface area (Å²) >= 11 is 0. The molecule has 11 nitrogen and oxygen atoms in total. The van der Waals surface area contributed by atoms with Crippen LogP contribution in [0.4, 0.5) is 0 Å². The van der Waals surface area contributed by atoms with Crippen LogP contribution in [-0.2, 0) is 37.5 Å². The smallest absolute Gasteiger partial charge is 0.472 e. The van der Waals surface area contributed by atoms with Crippen LogP contribution in [-0.4, -0.2) is 59.9 Å². The summed E-state index contributed by atoms with van der Waals surface area (Å²) in [7, 11) is -4.70. The van der Waals surface area contributed by atoms with Gasteiger partial charge in [0.1, 0.15) is 12.6 Å². The number of carbonyl (C=O) groups excluding carboxylic acids is 2. The summed E-state index contributed by atoms with van der Waals surface area (Å²) in [6, 6.07) is -1.52. The van der Waals surface area contributed by atoms with Gasteiger partial charge < -0.3 is 25.2 Å². The number of phosphoric acid groups is 1. The molecule has 0 saturated heterocycles. The van der Waals surface area contributed by atoms with E-state index in [1.54, 1.807) is 0 Å². The van der Waals surface area contributed by atoms with Crippen LogP contribution < -0.4 is 5.73 Å². The number of rotatable bonds is 31. The van der Waals surface area contributed by atoms with Crippen LogP contribution in [0.1, 0.15) is 136 Å². The summed E-state index contributed by atoms with van der Waals surface area (Å²) in [5.74, 6) is -2.41. The maximum absolute atomic E-state index is 12.5. The number of carbonyl (C=O) groups is 3. The fourth-order valence-corrected chi connectivity index (χ4v) is 4.99. The molecule has 0 aromatic heterocycles. The lowest BCUT2D eigenvalue weighted by atomic mass is 10.1. The molecule has 0 saturated carbocycles. The van der Waals surface area contributed by atoms with E-state index >= 15 is 0 Å². The van der Waals surface area contributed by atoms with E-state index < -0.39 is 51.1 Å². The van der Waals surface area contributed by atoms with Crippen molar-refractivity contribution in [2.24, 2.45) is 5.73 Å². The van der Waals surface area contributed by atoms with Crippen molar-refractivity contribution in [2.75, 3.05) is 19.8 Å². The lowest BCUT2D eigenvalue weighted by Crippen LogP contribution is -2.34. The zero-order valence-corrected chi connectivity index (χ0v) is 28.6. The van der Waals surface area contributed by atoms with Gasteiger partial charge in [-0.2, -0.15) is 0 Å². The third-order valence-corrected chi connectivity index (χ3v) is 7.90. The first-order valence-corrected chi connectivity index (χ1v) is 18.4. The van der Waals surface area contributed by atoms with E-state index in [-0.39, 0.29) is 19.4 Å². The van der Waals surface area contributed by atoms with Gasteiger partial charge >= 0.3 is 25.7 Å². The van der Waals surface area contributed by atoms with E-state index in [0.29, 0.717) is 12.8 Å². The van der Waals surface area contributed by atoms with Crippen LogP contribution in [0.5, 0.6) is 0 Å². The average Bonchev–Trinajstić information content (AvgIpc) is 3.00. The van der Waals surface area contributed by atoms with Gasteiger partial charge in [0.25, 0.3) is 0 Å². The molecule has 0 bridgehead atoms. The number of allylic oxidation sites excluding steroid dienone is 4. The van der Waals surface area contributed by atoms with Crippen LogP contribution in [0.3, 0.4) is 0 Å². The van der Waals surface area contributed by atoms with Crippen molar-refractivity contribution in [3.8, 4) is 0 Å². The quantitative estimate of drug-likeness (QED) is 0.0290. The summed E-state index contributed by atoms with van der Waals surface area (Å²) in [6.45, 7) is 2.65. The van der Waals surface area contributed by atoms with Crippen LogP contribution in [0, 0.1) is 0 Å². The highest BCUT2D eigenvalue weighted by molar-refractivity contribution is 7.47. The Labute approximate surface area is 270 Å². The first kappa shape index (κ1) is 43.0. The van der Waals surface area contributed by atoms with Gasteiger partial charge in [0.15, 0.2) is 6.10 Å². The molecule has 0 aliphatic carbocycles. The predicted octanol–water partition coefficient (Wildman–Crippen LogP) is 7.55. The first-order chi connectivity index (χ1) is 21.6. The van der Waals surface area contributed by atoms with E-state index in [2.05, 4.69) is 42.7 Å². The van der Waals surface area contributed by atoms with Gasteiger partial charge in [-0.15, -0.1) is 0 Å². The van der Waals surface area contributed by atoms with Crippen LogP contribution in [0.15, 0.2) is 24.3 Å². The average molecular weight is 662 g/mol. The number of carboxylic acid groups (broad SMARTS) is 1. The van der Waals surface area contributed by atoms with E-state index in [0.717, 1.165) is 77.0 Å². The molecule has 0 amide bonds. The standard InChI is InChI=1S/C33H60NO10P/c1-3-5-7-9-11-12-13-14-15-16-17-18-19-21-23-25-32(36)44-29(26-41-31(35)24-22-20-10-8-6-4-2)27-42-45(39,40)43-28-30(34)33(37)38/h11-12,14-15,29-30H,3-10,13,16-28,34H2,1-2H3,(H,37,38)(H,39,40)/b12-11-,15-14-. The second kappa shape index (κ2) is 29.4. The maximum atomic E-state index is 12.5. The number of phosphoric ester groups is 1. The molecule has 0 aliphatic heterocycles. The zero-order valence-electron chi connectivity index (χ0n) is 27.7. The first-order valence-electron chi connectivity index (χ1n) is 16.9. The molecule has 0 fully saturated rings. The summed E-state index contributed by atoms with van der Waals surface area (Å²) in [5, 5.41) is 8.81. The Morgan fingerprint density at radius 1 is 0.689 bits per heavy atom. The predicted molar refractivity (Wildman–Crippen MR) is 176 cm³/mol. The van der Waals surface area contributed by atoms with Crippen LogP contribution >= 0.6 is 7.82 Å². The Morgan fingerprint density at radius 3 is 1.78 bits per heavy atom. The normalized spacial score (nSPS) is 14.4. The van der Waals surface area contributed by atoms with Crippen molar-refractivity contribution in [2.45, 2.75) is 148 Å². The number of nitrogens with two attached hydrogens (primary N) is 1. The molecule has 0 radical (unpaired) electrons. The van der Waals surface area contributed by atoms with E-state index in [1.807, 2.05) is 0 Å². The van der Waals surface area contributed by atoms with Crippen molar-refractivity contribution in [1.29, 1.82) is 0 Å². The van der Waals surface area contributed by atoms with Gasteiger partial charge in [-0.05, 0) is 44.9 Å². The molecular formula is C33H60NO10P. The van der Waals surface area contributed by atoms with Crippen molar-refractivity contribution in [1.82, 2.24) is 0 Å². The molecule has 0 rings (SSSR count). The molecule has 45 heavy (non-hydrogen) atoms. The second-order valence-corrected chi connectivity index (χ2v) is 12.8. The Balaban J connectivity index is 4.47. The van der Waals surface area contributed by atoms with Crippen LogP contribution in [0.2, 0.25) is 0 Å². The van der Waals surface area contributed by atoms with Gasteiger partial charge in [-0.3, -0.25) is 23.4 Å². The highest BCUT2D eigenvalue weighted by Gasteiger charge is 2.28. The second-order valence-electron chi connectivity index (χ2n) is 11.3. The summed E-state index contributed by atoms with van der Waals surface area (Å²) in [5.41, 5.74) is 5.29. The lowest BCUT2D eigenvalue weighted by molar-refractivity contribution is -0.161. The molecule has 12 heteroatoms. The molecule has 0 spiro atoms. The van der Waals surface area contributed by atoms with E-state index in [4.69, 9.17) is 24.8 Å². The fraction of sp³-hybridized carbons (Fsp3) is 0.788. The minimum absolute atomic E-state index is 0.146. The molecule has 0 heterocycles. The molecule has 262 valence electrons. The molecule has 0 aromatic carbocycles. The molecule has 3 unspecified atom stereocenters. The molecule has 4 N–H and O–H groups in total. The SMILES string of the molecule is CCCCC/C=C\C/C=C\CCCCCCCC(=O)OC(COC(=O)CCCCCCCC)COP(=O)(O)OCC(N)C(=O)O. The maximum Gasteiger partial charge on any atom is 0.472 e. The van der Waals surface area contributed by atoms with Gasteiger partial charge in [0.2, 0.25) is 0 Å². The minimum atomic E-state index is -4.70. The van der Waals surface area contributed by atoms with Crippen LogP contribution in [0.25, 0.3) is 0 Å². The third kappa shape index (κ3) is 29.1. The zero-order chi connectivity index (χ0) is 33.6. The monoisotopic (exact) mass is 661 g/mol. The largest absolute Gasteiger partial charge is 0.480 e. The van der Waals surface area contributed by atoms with Crippen molar-refractivity contribution >= 4 is 25.7 Å². The highest BCUT2D eigenvalue weighted by atomic mass is 31.2. The van der Waals surface area contributed by atoms with Crippen molar-refractivity contribution in [3.05, 3.63) is 24.3 Å². The number of carboxylic acids is 1. The van der Waals surface area contributed by atoms with Gasteiger partial charge in [-0.1, -0.05) is 102 Å². The summed E-state index contributed by atoms with van der Waals surface area (Å²) < 4.78 is 32.3. The number of unbranched alkanes of at least 4 members (excludes halogenated alkanes) is 13. The molecule has 0 aromatic rings. The Morgan fingerprint density at radius 2 is 1.18 bits per heavy atom. The summed E-state index contributed by atoms with van der Waals surface area (Å²) in [4.78, 5) is 45.3. The van der Waals surface area contributed by atoms with Crippen molar-refractivity contribution < 1.29 is 47.5 Å². The number of aliphatic carboxylic acids is 1. The molecule has 3 atom stereocenters. The number of esters is 2. The molecular weight excluding hydrogens is 601 g/mol. The Kier molecular flexibility index (Phi) is 28.0. The van der Waals surface area contributed by atoms with Crippen molar-refractivity contribution in [3.63, 3.8) is 0 Å². The van der Waals surface area contributed by atoms with Gasteiger partial charge in [0.05, 0.1) is 13.2 Å². The van der Waals surface area contributed by atoms with E-state index in [9.17, 15) is 23.8 Å². The third-order valence-electron chi connectivity index (χ3n) is 6.95. The Hall–Kier alpha value is -2.04. The number of ether oxygens (including phenoxy) is 2. The van der Waals surface area contributed by atoms with Gasteiger partial charge in [0, 0.05) is 12.8 Å². The van der Waals surface area contributed by atoms with Gasteiger partial charge in [-0.25, -0.2) is 4.57 Å². The Bertz CT molecular complexity index is 880. The lowest BCUT2D eigenvalue weighted by Gasteiger charge is -2.20. The molecule has 0 aliphatic rings. The van der Waals surface area contributed by atoms with E-state index in [1.165, 1.54) is 19.3 Å².